The molecule has 3 nitrogen and oxygen atoms in total. The highest BCUT2D eigenvalue weighted by atomic mass is 16.5. The van der Waals surface area contributed by atoms with Gasteiger partial charge >= 0.3 is 0 Å². The lowest BCUT2D eigenvalue weighted by Gasteiger charge is -2.16. The van der Waals surface area contributed by atoms with E-state index in [0.29, 0.717) is 6.04 Å². The quantitative estimate of drug-likeness (QED) is 0.647. The summed E-state index contributed by atoms with van der Waals surface area (Å²) < 4.78 is 11.3. The number of nitrogens with one attached hydrogen (secondary N) is 1. The molecule has 0 radical (unpaired) electrons. The lowest BCUT2D eigenvalue weighted by Crippen LogP contribution is -2.17. The molecule has 0 heterocycles. The molecule has 1 rings (SSSR count). The average Bonchev–Trinajstić information content (AvgIpc) is 2.47. The van der Waals surface area contributed by atoms with Crippen molar-refractivity contribution in [1.82, 2.24) is 5.32 Å². The molecule has 0 fully saturated rings. The normalized spacial score (nSPS) is 12.2. The van der Waals surface area contributed by atoms with E-state index in [-0.39, 0.29) is 0 Å². The van der Waals surface area contributed by atoms with Gasteiger partial charge in [-0.3, -0.25) is 0 Å². The van der Waals surface area contributed by atoms with Crippen LogP contribution in [0.2, 0.25) is 0 Å². The first-order valence-corrected chi connectivity index (χ1v) is 7.77. The Morgan fingerprint density at radius 3 is 2.55 bits per heavy atom. The van der Waals surface area contributed by atoms with Gasteiger partial charge < -0.3 is 14.8 Å². The first-order chi connectivity index (χ1) is 9.72. The zero-order chi connectivity index (χ0) is 14.8. The molecule has 0 amide bonds. The maximum absolute atomic E-state index is 5.82. The maximum atomic E-state index is 5.82. The predicted octanol–water partition coefficient (Wildman–Crippen LogP) is 4.32. The SMILES string of the molecule is CCCCCCOc1ccc(C(C)NCC)cc1OC. The molecule has 1 atom stereocenters. The topological polar surface area (TPSA) is 30.5 Å². The fourth-order valence-electron chi connectivity index (χ4n) is 2.21. The van der Waals surface area contributed by atoms with Gasteiger partial charge in [0.15, 0.2) is 11.5 Å². The Kier molecular flexibility index (Phi) is 8.12. The molecule has 114 valence electrons. The molecule has 1 N–H and O–H groups in total. The minimum Gasteiger partial charge on any atom is -0.493 e. The molecular formula is C17H29NO2. The molecule has 0 aliphatic heterocycles. The van der Waals surface area contributed by atoms with Crippen molar-refractivity contribution in [2.75, 3.05) is 20.3 Å². The van der Waals surface area contributed by atoms with Crippen molar-refractivity contribution in [3.05, 3.63) is 23.8 Å². The Morgan fingerprint density at radius 1 is 1.10 bits per heavy atom. The Balaban J connectivity index is 2.58. The molecule has 0 bridgehead atoms. The maximum Gasteiger partial charge on any atom is 0.161 e. The number of hydrogen-bond donors (Lipinski definition) is 1. The summed E-state index contributed by atoms with van der Waals surface area (Å²) in [5.74, 6) is 1.67. The highest BCUT2D eigenvalue weighted by molar-refractivity contribution is 5.43. The van der Waals surface area contributed by atoms with Gasteiger partial charge in [-0.15, -0.1) is 0 Å². The minimum atomic E-state index is 0.326. The van der Waals surface area contributed by atoms with E-state index < -0.39 is 0 Å². The van der Waals surface area contributed by atoms with Gasteiger partial charge in [-0.05, 0) is 37.6 Å². The largest absolute Gasteiger partial charge is 0.493 e. The lowest BCUT2D eigenvalue weighted by atomic mass is 10.1. The Labute approximate surface area is 123 Å². The number of benzene rings is 1. The average molecular weight is 279 g/mol. The molecular weight excluding hydrogens is 250 g/mol. The molecule has 0 aliphatic carbocycles. The van der Waals surface area contributed by atoms with Gasteiger partial charge in [0.2, 0.25) is 0 Å². The molecule has 1 unspecified atom stereocenters. The highest BCUT2D eigenvalue weighted by Crippen LogP contribution is 2.30. The number of ether oxygens (including phenoxy) is 2. The second kappa shape index (κ2) is 9.65. The van der Waals surface area contributed by atoms with Crippen LogP contribution in [0.4, 0.5) is 0 Å². The fourth-order valence-corrected chi connectivity index (χ4v) is 2.21. The predicted molar refractivity (Wildman–Crippen MR) is 84.7 cm³/mol. The van der Waals surface area contributed by atoms with Crippen LogP contribution in [0, 0.1) is 0 Å². The van der Waals surface area contributed by atoms with Crippen LogP contribution in [-0.2, 0) is 0 Å². The molecule has 0 spiro atoms. The van der Waals surface area contributed by atoms with Crippen LogP contribution >= 0.6 is 0 Å². The van der Waals surface area contributed by atoms with E-state index in [9.17, 15) is 0 Å². The van der Waals surface area contributed by atoms with Gasteiger partial charge in [0.25, 0.3) is 0 Å². The van der Waals surface area contributed by atoms with Crippen LogP contribution in [0.1, 0.15) is 58.1 Å². The molecule has 1 aromatic rings. The van der Waals surface area contributed by atoms with E-state index in [1.165, 1.54) is 24.8 Å². The first-order valence-electron chi connectivity index (χ1n) is 7.77. The standard InChI is InChI=1S/C17H29NO2/c1-5-7-8-9-12-20-16-11-10-15(13-17(16)19-4)14(3)18-6-2/h10-11,13-14,18H,5-9,12H2,1-4H3. The van der Waals surface area contributed by atoms with Gasteiger partial charge in [0.05, 0.1) is 13.7 Å². The van der Waals surface area contributed by atoms with Gasteiger partial charge in [0, 0.05) is 6.04 Å². The number of hydrogen-bond acceptors (Lipinski definition) is 3. The van der Waals surface area contributed by atoms with Crippen molar-refractivity contribution in [3.8, 4) is 11.5 Å². The van der Waals surface area contributed by atoms with Crippen LogP contribution in [0.15, 0.2) is 18.2 Å². The van der Waals surface area contributed by atoms with Crippen LogP contribution in [0.25, 0.3) is 0 Å². The highest BCUT2D eigenvalue weighted by Gasteiger charge is 2.09. The van der Waals surface area contributed by atoms with Crippen molar-refractivity contribution in [2.45, 2.75) is 52.5 Å². The third kappa shape index (κ3) is 5.41. The molecule has 0 aliphatic rings. The fraction of sp³-hybridized carbons (Fsp3) is 0.647. The van der Waals surface area contributed by atoms with E-state index >= 15 is 0 Å². The number of unbranched alkanes of at least 4 members (excludes halogenated alkanes) is 3. The Bertz CT molecular complexity index is 379. The van der Waals surface area contributed by atoms with E-state index in [1.54, 1.807) is 7.11 Å². The second-order valence-electron chi connectivity index (χ2n) is 5.10. The van der Waals surface area contributed by atoms with Crippen molar-refractivity contribution in [1.29, 1.82) is 0 Å². The van der Waals surface area contributed by atoms with E-state index in [0.717, 1.165) is 31.1 Å². The lowest BCUT2D eigenvalue weighted by molar-refractivity contribution is 0.285. The van der Waals surface area contributed by atoms with E-state index in [1.807, 2.05) is 6.07 Å². The van der Waals surface area contributed by atoms with Crippen molar-refractivity contribution in [2.24, 2.45) is 0 Å². The molecule has 20 heavy (non-hydrogen) atoms. The summed E-state index contributed by atoms with van der Waals surface area (Å²) in [6.45, 7) is 8.21. The van der Waals surface area contributed by atoms with Gasteiger partial charge in [0.1, 0.15) is 0 Å². The van der Waals surface area contributed by atoms with Crippen LogP contribution in [0.3, 0.4) is 0 Å². The zero-order valence-corrected chi connectivity index (χ0v) is 13.4. The molecule has 0 saturated heterocycles. The summed E-state index contributed by atoms with van der Waals surface area (Å²) in [4.78, 5) is 0. The zero-order valence-electron chi connectivity index (χ0n) is 13.4. The monoisotopic (exact) mass is 279 g/mol. The van der Waals surface area contributed by atoms with Crippen molar-refractivity contribution < 1.29 is 9.47 Å². The third-order valence-corrected chi connectivity index (χ3v) is 3.45. The van der Waals surface area contributed by atoms with E-state index in [4.69, 9.17) is 9.47 Å². The summed E-state index contributed by atoms with van der Waals surface area (Å²) in [6, 6.07) is 6.51. The summed E-state index contributed by atoms with van der Waals surface area (Å²) in [7, 11) is 1.70. The number of rotatable bonds is 10. The van der Waals surface area contributed by atoms with Crippen molar-refractivity contribution >= 4 is 0 Å². The second-order valence-corrected chi connectivity index (χ2v) is 5.10. The molecule has 0 saturated carbocycles. The van der Waals surface area contributed by atoms with Crippen LogP contribution in [0.5, 0.6) is 11.5 Å². The van der Waals surface area contributed by atoms with E-state index in [2.05, 4.69) is 38.2 Å². The van der Waals surface area contributed by atoms with Crippen LogP contribution < -0.4 is 14.8 Å². The van der Waals surface area contributed by atoms with Gasteiger partial charge in [-0.2, -0.15) is 0 Å². The summed E-state index contributed by atoms with van der Waals surface area (Å²) in [5.41, 5.74) is 1.22. The summed E-state index contributed by atoms with van der Waals surface area (Å²) in [6.07, 6.45) is 4.86. The first kappa shape index (κ1) is 16.8. The van der Waals surface area contributed by atoms with Gasteiger partial charge in [-0.1, -0.05) is 39.2 Å². The smallest absolute Gasteiger partial charge is 0.161 e. The Hall–Kier alpha value is -1.22. The number of methoxy groups -OCH3 is 1. The van der Waals surface area contributed by atoms with Crippen LogP contribution in [-0.4, -0.2) is 20.3 Å². The molecule has 3 heteroatoms. The summed E-state index contributed by atoms with van der Waals surface area (Å²) in [5, 5.41) is 3.40. The molecule has 1 aromatic carbocycles. The molecule has 0 aromatic heterocycles. The summed E-state index contributed by atoms with van der Waals surface area (Å²) >= 11 is 0. The Morgan fingerprint density at radius 2 is 1.90 bits per heavy atom. The van der Waals surface area contributed by atoms with Gasteiger partial charge in [-0.25, -0.2) is 0 Å². The minimum absolute atomic E-state index is 0.326. The van der Waals surface area contributed by atoms with Crippen molar-refractivity contribution in [3.63, 3.8) is 0 Å². The third-order valence-electron chi connectivity index (χ3n) is 3.45.